The minimum atomic E-state index is 0.517. The molecule has 0 aliphatic carbocycles. The Bertz CT molecular complexity index is 479. The van der Waals surface area contributed by atoms with Crippen molar-refractivity contribution in [3.05, 3.63) is 33.9 Å². The molecule has 0 spiro atoms. The van der Waals surface area contributed by atoms with Gasteiger partial charge in [0.25, 0.3) is 0 Å². The number of aromatic nitrogens is 2. The van der Waals surface area contributed by atoms with Crippen LogP contribution in [0.15, 0.2) is 18.2 Å². The number of hydrogen-bond acceptors (Lipinski definition) is 3. The van der Waals surface area contributed by atoms with Crippen molar-refractivity contribution in [3.63, 3.8) is 0 Å². The van der Waals surface area contributed by atoms with Gasteiger partial charge in [-0.3, -0.25) is 0 Å². The first-order chi connectivity index (χ1) is 7.19. The summed E-state index contributed by atoms with van der Waals surface area (Å²) in [7, 11) is 0. The van der Waals surface area contributed by atoms with Gasteiger partial charge in [0.2, 0.25) is 0 Å². The van der Waals surface area contributed by atoms with Crippen LogP contribution in [-0.4, -0.2) is 9.97 Å². The first-order valence-electron chi connectivity index (χ1n) is 4.79. The van der Waals surface area contributed by atoms with Gasteiger partial charge < -0.3 is 0 Å². The maximum absolute atomic E-state index is 5.94. The van der Waals surface area contributed by atoms with E-state index in [9.17, 15) is 0 Å². The molecular weight excluding hydrogens is 228 g/mol. The maximum atomic E-state index is 5.94. The molecule has 78 valence electrons. The lowest BCUT2D eigenvalue weighted by Gasteiger charge is -2.00. The molecule has 0 aromatic carbocycles. The van der Waals surface area contributed by atoms with Crippen molar-refractivity contribution in [1.29, 1.82) is 0 Å². The van der Waals surface area contributed by atoms with Crippen molar-refractivity contribution < 1.29 is 0 Å². The summed E-state index contributed by atoms with van der Waals surface area (Å²) in [5.41, 5.74) is 0.982. The smallest absolute Gasteiger partial charge is 0.171 e. The van der Waals surface area contributed by atoms with E-state index in [1.54, 1.807) is 11.3 Å². The summed E-state index contributed by atoms with van der Waals surface area (Å²) in [6.07, 6.45) is 0.875. The molecule has 0 fully saturated rings. The van der Waals surface area contributed by atoms with E-state index in [-0.39, 0.29) is 0 Å². The molecule has 0 aliphatic heterocycles. The van der Waals surface area contributed by atoms with Crippen molar-refractivity contribution in [2.75, 3.05) is 0 Å². The third-order valence-electron chi connectivity index (χ3n) is 2.07. The Hall–Kier alpha value is -0.930. The highest BCUT2D eigenvalue weighted by molar-refractivity contribution is 7.15. The summed E-state index contributed by atoms with van der Waals surface area (Å²) in [5, 5.41) is 0.517. The highest BCUT2D eigenvalue weighted by Gasteiger charge is 2.06. The molecule has 0 aliphatic rings. The zero-order chi connectivity index (χ0) is 10.8. The van der Waals surface area contributed by atoms with Gasteiger partial charge in [0, 0.05) is 10.6 Å². The molecule has 2 aromatic rings. The van der Waals surface area contributed by atoms with Crippen LogP contribution < -0.4 is 0 Å². The highest BCUT2D eigenvalue weighted by atomic mass is 35.5. The van der Waals surface area contributed by atoms with Crippen LogP contribution in [0.1, 0.15) is 17.5 Å². The van der Waals surface area contributed by atoms with E-state index in [1.165, 1.54) is 4.88 Å². The third-order valence-corrected chi connectivity index (χ3v) is 3.26. The fraction of sp³-hybridized carbons (Fsp3) is 0.273. The molecule has 2 nitrogen and oxygen atoms in total. The summed E-state index contributed by atoms with van der Waals surface area (Å²) < 4.78 is 0. The van der Waals surface area contributed by atoms with Gasteiger partial charge >= 0.3 is 0 Å². The van der Waals surface area contributed by atoms with Gasteiger partial charge in [-0.1, -0.05) is 18.5 Å². The fourth-order valence-corrected chi connectivity index (χ4v) is 2.32. The molecule has 0 saturated carbocycles. The summed E-state index contributed by atoms with van der Waals surface area (Å²) in [5.74, 6) is 0.734. The Morgan fingerprint density at radius 3 is 2.73 bits per heavy atom. The van der Waals surface area contributed by atoms with E-state index in [1.807, 2.05) is 12.1 Å². The summed E-state index contributed by atoms with van der Waals surface area (Å²) in [6, 6.07) is 5.91. The minimum Gasteiger partial charge on any atom is -0.232 e. The number of hydrogen-bond donors (Lipinski definition) is 0. The SMILES string of the molecule is CCc1cc(Cl)nc(-c2ccc(C)s2)n1. The summed E-state index contributed by atoms with van der Waals surface area (Å²) in [4.78, 5) is 11.0. The van der Waals surface area contributed by atoms with Gasteiger partial charge in [-0.25, -0.2) is 9.97 Å². The monoisotopic (exact) mass is 238 g/mol. The quantitative estimate of drug-likeness (QED) is 0.745. The molecule has 0 bridgehead atoms. The number of thiophene rings is 1. The Balaban J connectivity index is 2.48. The van der Waals surface area contributed by atoms with Crippen molar-refractivity contribution >= 4 is 22.9 Å². The average Bonchev–Trinajstić information content (AvgIpc) is 2.64. The maximum Gasteiger partial charge on any atom is 0.171 e. The van der Waals surface area contributed by atoms with Gasteiger partial charge in [0.1, 0.15) is 5.15 Å². The van der Waals surface area contributed by atoms with Crippen LogP contribution in [-0.2, 0) is 6.42 Å². The molecule has 15 heavy (non-hydrogen) atoms. The van der Waals surface area contributed by atoms with Gasteiger partial charge in [-0.15, -0.1) is 11.3 Å². The van der Waals surface area contributed by atoms with Gasteiger partial charge in [0.15, 0.2) is 5.82 Å². The van der Waals surface area contributed by atoms with Crippen LogP contribution in [0, 0.1) is 6.92 Å². The molecule has 0 saturated heterocycles. The zero-order valence-electron chi connectivity index (χ0n) is 8.62. The number of aryl methyl sites for hydroxylation is 2. The molecule has 0 N–H and O–H groups in total. The van der Waals surface area contributed by atoms with E-state index >= 15 is 0 Å². The molecule has 2 rings (SSSR count). The zero-order valence-corrected chi connectivity index (χ0v) is 10.2. The van der Waals surface area contributed by atoms with Crippen LogP contribution in [0.4, 0.5) is 0 Å². The molecule has 4 heteroatoms. The van der Waals surface area contributed by atoms with E-state index in [2.05, 4.69) is 29.9 Å². The molecule has 2 heterocycles. The lowest BCUT2D eigenvalue weighted by atomic mass is 10.3. The topological polar surface area (TPSA) is 25.8 Å². The molecule has 0 radical (unpaired) electrons. The van der Waals surface area contributed by atoms with Crippen LogP contribution in [0.3, 0.4) is 0 Å². The lowest BCUT2D eigenvalue weighted by Crippen LogP contribution is -1.93. The largest absolute Gasteiger partial charge is 0.232 e. The summed E-state index contributed by atoms with van der Waals surface area (Å²) >= 11 is 7.62. The Morgan fingerprint density at radius 2 is 2.13 bits per heavy atom. The van der Waals surface area contributed by atoms with Crippen LogP contribution >= 0.6 is 22.9 Å². The van der Waals surface area contributed by atoms with E-state index in [4.69, 9.17) is 11.6 Å². The minimum absolute atomic E-state index is 0.517. The molecular formula is C11H11ClN2S. The van der Waals surface area contributed by atoms with Gasteiger partial charge in [0.05, 0.1) is 4.88 Å². The lowest BCUT2D eigenvalue weighted by molar-refractivity contribution is 1.01. The average molecular weight is 239 g/mol. The Morgan fingerprint density at radius 1 is 1.33 bits per heavy atom. The van der Waals surface area contributed by atoms with Crippen molar-refractivity contribution in [3.8, 4) is 10.7 Å². The molecule has 2 aromatic heterocycles. The number of rotatable bonds is 2. The van der Waals surface area contributed by atoms with E-state index in [0.29, 0.717) is 5.15 Å². The van der Waals surface area contributed by atoms with Crippen molar-refractivity contribution in [1.82, 2.24) is 9.97 Å². The third kappa shape index (κ3) is 2.36. The Kier molecular flexibility index (Phi) is 3.03. The Labute approximate surface area is 98.0 Å². The first kappa shape index (κ1) is 10.6. The predicted molar refractivity (Wildman–Crippen MR) is 64.5 cm³/mol. The second kappa shape index (κ2) is 4.29. The molecule has 0 amide bonds. The van der Waals surface area contributed by atoms with E-state index in [0.717, 1.165) is 22.8 Å². The van der Waals surface area contributed by atoms with Gasteiger partial charge in [-0.2, -0.15) is 0 Å². The van der Waals surface area contributed by atoms with Crippen LogP contribution in [0.2, 0.25) is 5.15 Å². The summed E-state index contributed by atoms with van der Waals surface area (Å²) in [6.45, 7) is 4.13. The fourth-order valence-electron chi connectivity index (χ4n) is 1.31. The normalized spacial score (nSPS) is 10.6. The van der Waals surface area contributed by atoms with Gasteiger partial charge in [-0.05, 0) is 31.5 Å². The molecule has 0 unspecified atom stereocenters. The number of nitrogens with zero attached hydrogens (tertiary/aromatic N) is 2. The number of halogens is 1. The first-order valence-corrected chi connectivity index (χ1v) is 5.98. The molecule has 0 atom stereocenters. The standard InChI is InChI=1S/C11H11ClN2S/c1-3-8-6-10(12)14-11(13-8)9-5-4-7(2)15-9/h4-6H,3H2,1-2H3. The van der Waals surface area contributed by atoms with Crippen molar-refractivity contribution in [2.45, 2.75) is 20.3 Å². The predicted octanol–water partition coefficient (Wildman–Crippen LogP) is 3.73. The van der Waals surface area contributed by atoms with Crippen LogP contribution in [0.5, 0.6) is 0 Å². The van der Waals surface area contributed by atoms with Crippen molar-refractivity contribution in [2.24, 2.45) is 0 Å². The van der Waals surface area contributed by atoms with Crippen LogP contribution in [0.25, 0.3) is 10.7 Å². The second-order valence-electron chi connectivity index (χ2n) is 3.27. The van der Waals surface area contributed by atoms with E-state index < -0.39 is 0 Å². The second-order valence-corrected chi connectivity index (χ2v) is 4.94. The highest BCUT2D eigenvalue weighted by Crippen LogP contribution is 2.25.